The van der Waals surface area contributed by atoms with E-state index >= 15 is 0 Å². The van der Waals surface area contributed by atoms with Crippen molar-refractivity contribution in [2.45, 2.75) is 44.4 Å². The van der Waals surface area contributed by atoms with Gasteiger partial charge in [0.15, 0.2) is 0 Å². The van der Waals surface area contributed by atoms with Crippen molar-refractivity contribution in [1.82, 2.24) is 9.29 Å². The number of H-pyrrole nitrogens is 1. The number of rotatable bonds is 6. The summed E-state index contributed by atoms with van der Waals surface area (Å²) >= 11 is 0. The molecule has 0 bridgehead atoms. The van der Waals surface area contributed by atoms with E-state index in [9.17, 15) is 18.0 Å². The van der Waals surface area contributed by atoms with Crippen LogP contribution in [-0.4, -0.2) is 49.9 Å². The van der Waals surface area contributed by atoms with E-state index in [2.05, 4.69) is 38.0 Å². The van der Waals surface area contributed by atoms with Crippen molar-refractivity contribution in [3.05, 3.63) is 69.5 Å². The Hall–Kier alpha value is -3.01. The largest absolute Gasteiger partial charge is 0.379 e. The summed E-state index contributed by atoms with van der Waals surface area (Å²) in [5, 5.41) is 3.40. The molecule has 4 rings (SSSR count). The number of aromatic nitrogens is 1. The van der Waals surface area contributed by atoms with Crippen molar-refractivity contribution in [2.75, 3.05) is 31.6 Å². The zero-order chi connectivity index (χ0) is 25.3. The monoisotopic (exact) mass is 497 g/mol. The highest BCUT2D eigenvalue weighted by Gasteiger charge is 2.27. The molecule has 1 aromatic heterocycles. The number of morpholine rings is 1. The molecular weight excluding hydrogens is 466 g/mol. The molecular formula is C26H31N3O5S. The number of pyridine rings is 1. The van der Waals surface area contributed by atoms with E-state index in [1.165, 1.54) is 28.6 Å². The Kier molecular flexibility index (Phi) is 7.12. The third kappa shape index (κ3) is 5.03. The zero-order valence-corrected chi connectivity index (χ0v) is 21.2. The van der Waals surface area contributed by atoms with Crippen LogP contribution in [0.3, 0.4) is 0 Å². The molecule has 0 radical (unpaired) electrons. The van der Waals surface area contributed by atoms with Crippen LogP contribution in [0.15, 0.2) is 52.2 Å². The third-order valence-corrected chi connectivity index (χ3v) is 8.17. The van der Waals surface area contributed by atoms with Crippen LogP contribution in [0.1, 0.15) is 61.0 Å². The highest BCUT2D eigenvalue weighted by Crippen LogP contribution is 2.33. The molecule has 1 aliphatic rings. The molecule has 1 aliphatic heterocycles. The number of hydrogen-bond donors (Lipinski definition) is 2. The molecule has 1 fully saturated rings. The fourth-order valence-corrected chi connectivity index (χ4v) is 5.83. The molecule has 2 heterocycles. The third-order valence-electron chi connectivity index (χ3n) is 6.28. The second-order valence-corrected chi connectivity index (χ2v) is 11.3. The number of fused-ring (bicyclic) bond motifs is 1. The maximum Gasteiger partial charge on any atom is 0.256 e. The topological polar surface area (TPSA) is 109 Å². The Bertz CT molecular complexity index is 1390. The van der Waals surface area contributed by atoms with Crippen molar-refractivity contribution < 1.29 is 17.9 Å². The van der Waals surface area contributed by atoms with E-state index in [-0.39, 0.29) is 35.4 Å². The van der Waals surface area contributed by atoms with Crippen molar-refractivity contribution in [3.8, 4) is 0 Å². The second-order valence-electron chi connectivity index (χ2n) is 9.35. The van der Waals surface area contributed by atoms with Gasteiger partial charge in [0.05, 0.1) is 23.7 Å². The number of ether oxygens (including phenoxy) is 1. The molecule has 0 unspecified atom stereocenters. The van der Waals surface area contributed by atoms with Gasteiger partial charge in [-0.2, -0.15) is 4.31 Å². The van der Waals surface area contributed by atoms with Gasteiger partial charge in [0.1, 0.15) is 0 Å². The van der Waals surface area contributed by atoms with Gasteiger partial charge < -0.3 is 15.0 Å². The highest BCUT2D eigenvalue weighted by atomic mass is 32.2. The van der Waals surface area contributed by atoms with E-state index in [0.29, 0.717) is 24.1 Å². The zero-order valence-electron chi connectivity index (χ0n) is 20.4. The number of carbonyl (C=O) groups excluding carboxylic acids is 1. The second kappa shape index (κ2) is 9.93. The molecule has 8 nitrogen and oxygen atoms in total. The number of benzene rings is 2. The SMILES string of the molecule is CC(C)c1cccc(C(C)C)c1NC(=O)c1cc(=O)[nH]c2ccc(S(=O)(=O)N3CCOCC3)cc12. The molecule has 186 valence electrons. The molecule has 0 aliphatic carbocycles. The summed E-state index contributed by atoms with van der Waals surface area (Å²) in [4.78, 5) is 28.7. The lowest BCUT2D eigenvalue weighted by Gasteiger charge is -2.26. The predicted octanol–water partition coefficient (Wildman–Crippen LogP) is 4.05. The number of para-hydroxylation sites is 1. The van der Waals surface area contributed by atoms with Gasteiger partial charge in [0.25, 0.3) is 5.91 Å². The predicted molar refractivity (Wildman–Crippen MR) is 137 cm³/mol. The molecule has 3 aromatic rings. The Morgan fingerprint density at radius 1 is 1.00 bits per heavy atom. The van der Waals surface area contributed by atoms with Crippen molar-refractivity contribution in [3.63, 3.8) is 0 Å². The van der Waals surface area contributed by atoms with Crippen molar-refractivity contribution in [1.29, 1.82) is 0 Å². The van der Waals surface area contributed by atoms with Crippen LogP contribution in [0.2, 0.25) is 0 Å². The van der Waals surface area contributed by atoms with E-state index in [0.717, 1.165) is 16.8 Å². The number of anilines is 1. The number of hydrogen-bond acceptors (Lipinski definition) is 5. The van der Waals surface area contributed by atoms with Crippen LogP contribution in [0.5, 0.6) is 0 Å². The minimum absolute atomic E-state index is 0.0680. The molecule has 0 atom stereocenters. The number of amides is 1. The van der Waals surface area contributed by atoms with E-state index in [1.54, 1.807) is 0 Å². The van der Waals surface area contributed by atoms with Crippen molar-refractivity contribution >= 4 is 32.5 Å². The van der Waals surface area contributed by atoms with Crippen molar-refractivity contribution in [2.24, 2.45) is 0 Å². The number of sulfonamides is 1. The first-order chi connectivity index (χ1) is 16.6. The van der Waals surface area contributed by atoms with Gasteiger partial charge in [-0.25, -0.2) is 8.42 Å². The average Bonchev–Trinajstić information content (AvgIpc) is 2.83. The van der Waals surface area contributed by atoms with Gasteiger partial charge >= 0.3 is 0 Å². The molecule has 35 heavy (non-hydrogen) atoms. The first-order valence-corrected chi connectivity index (χ1v) is 13.2. The minimum atomic E-state index is -3.77. The molecule has 2 aromatic carbocycles. The van der Waals surface area contributed by atoms with E-state index < -0.39 is 21.5 Å². The minimum Gasteiger partial charge on any atom is -0.379 e. The summed E-state index contributed by atoms with van der Waals surface area (Å²) < 4.78 is 33.1. The fourth-order valence-electron chi connectivity index (χ4n) is 4.39. The fraction of sp³-hybridized carbons (Fsp3) is 0.385. The summed E-state index contributed by atoms with van der Waals surface area (Å²) in [6.07, 6.45) is 0. The van der Waals surface area contributed by atoms with Crippen LogP contribution in [0, 0.1) is 0 Å². The van der Waals surface area contributed by atoms with Crippen LogP contribution in [-0.2, 0) is 14.8 Å². The van der Waals surface area contributed by atoms with Crippen LogP contribution < -0.4 is 10.9 Å². The standard InChI is InChI=1S/C26H31N3O5S/c1-16(2)19-6-5-7-20(17(3)4)25(19)28-26(31)22-15-24(30)27-23-9-8-18(14-21(22)23)35(32,33)29-10-12-34-13-11-29/h5-9,14-17H,10-13H2,1-4H3,(H,27,30)(H,28,31). The van der Waals surface area contributed by atoms with Gasteiger partial charge in [-0.15, -0.1) is 0 Å². The summed E-state index contributed by atoms with van der Waals surface area (Å²) in [5.74, 6) is -0.118. The Balaban J connectivity index is 1.81. The molecule has 1 saturated heterocycles. The summed E-state index contributed by atoms with van der Waals surface area (Å²) in [6.45, 7) is 9.43. The number of aromatic amines is 1. The molecule has 2 N–H and O–H groups in total. The highest BCUT2D eigenvalue weighted by molar-refractivity contribution is 7.89. The Morgan fingerprint density at radius 2 is 1.63 bits per heavy atom. The Morgan fingerprint density at radius 3 is 2.23 bits per heavy atom. The first kappa shape index (κ1) is 25.1. The normalized spacial score (nSPS) is 15.1. The van der Waals surface area contributed by atoms with Gasteiger partial charge in [-0.05, 0) is 41.2 Å². The lowest BCUT2D eigenvalue weighted by atomic mass is 9.92. The maximum absolute atomic E-state index is 13.6. The summed E-state index contributed by atoms with van der Waals surface area (Å²) in [6, 6.07) is 11.6. The van der Waals surface area contributed by atoms with Gasteiger partial charge in [0, 0.05) is 35.7 Å². The van der Waals surface area contributed by atoms with E-state index in [1.807, 2.05) is 18.2 Å². The number of nitrogens with one attached hydrogen (secondary N) is 2. The van der Waals surface area contributed by atoms with Crippen LogP contribution in [0.4, 0.5) is 5.69 Å². The summed E-state index contributed by atoms with van der Waals surface area (Å²) in [7, 11) is -3.77. The maximum atomic E-state index is 13.6. The van der Waals surface area contributed by atoms with E-state index in [4.69, 9.17) is 4.74 Å². The van der Waals surface area contributed by atoms with Gasteiger partial charge in [-0.3, -0.25) is 9.59 Å². The van der Waals surface area contributed by atoms with Crippen LogP contribution >= 0.6 is 0 Å². The quantitative estimate of drug-likeness (QED) is 0.534. The number of nitrogens with zero attached hydrogens (tertiary/aromatic N) is 1. The summed E-state index contributed by atoms with van der Waals surface area (Å²) in [5.41, 5.74) is 2.80. The molecule has 9 heteroatoms. The Labute approximate surface area is 205 Å². The first-order valence-electron chi connectivity index (χ1n) is 11.8. The lowest BCUT2D eigenvalue weighted by Crippen LogP contribution is -2.40. The number of carbonyl (C=O) groups is 1. The smallest absolute Gasteiger partial charge is 0.256 e. The lowest BCUT2D eigenvalue weighted by molar-refractivity contribution is 0.0730. The molecule has 1 amide bonds. The molecule has 0 spiro atoms. The van der Waals surface area contributed by atoms with Gasteiger partial charge in [0.2, 0.25) is 15.6 Å². The van der Waals surface area contributed by atoms with Gasteiger partial charge in [-0.1, -0.05) is 45.9 Å². The molecule has 0 saturated carbocycles. The average molecular weight is 498 g/mol. The van der Waals surface area contributed by atoms with Crippen LogP contribution in [0.25, 0.3) is 10.9 Å².